The molecule has 0 aliphatic carbocycles. The van der Waals surface area contributed by atoms with Crippen molar-refractivity contribution in [2.75, 3.05) is 12.3 Å². The molecule has 2 aromatic rings. The predicted octanol–water partition coefficient (Wildman–Crippen LogP) is 4.78. The summed E-state index contributed by atoms with van der Waals surface area (Å²) < 4.78 is -1.14. The van der Waals surface area contributed by atoms with Crippen LogP contribution in [0.15, 0.2) is 60.7 Å². The van der Waals surface area contributed by atoms with Crippen LogP contribution in [-0.4, -0.2) is 43.5 Å². The molecule has 0 nitrogen and oxygen atoms in total. The molecule has 112 valence electrons. The Balaban J connectivity index is 1.98. The summed E-state index contributed by atoms with van der Waals surface area (Å²) in [6.45, 7) is 4.68. The van der Waals surface area contributed by atoms with Gasteiger partial charge in [-0.2, -0.15) is 0 Å². The average molecular weight is 427 g/mol. The van der Waals surface area contributed by atoms with Crippen molar-refractivity contribution in [2.24, 2.45) is 0 Å². The second-order valence-electron chi connectivity index (χ2n) is 5.80. The standard InChI is InChI=1S/C18H23PSe2/c1-15(17-9-5-3-6-10-17)13-19(20,21)14-16(2)18-11-7-4-8-12-18/h3-12,15-16H,13-14H2,1-2H3,(H,20,21)/p-1. The first-order valence-corrected chi connectivity index (χ1v) is 14.0. The summed E-state index contributed by atoms with van der Waals surface area (Å²) in [5, 5.41) is 0. The minimum absolute atomic E-state index is 0.602. The third-order valence-corrected chi connectivity index (χ3v) is 9.80. The van der Waals surface area contributed by atoms with E-state index in [1.807, 2.05) is 0 Å². The van der Waals surface area contributed by atoms with E-state index in [0.29, 0.717) is 11.8 Å². The zero-order valence-electron chi connectivity index (χ0n) is 12.6. The molecule has 0 saturated heterocycles. The summed E-state index contributed by atoms with van der Waals surface area (Å²) in [6.07, 6.45) is 2.46. The Morgan fingerprint density at radius 1 is 0.714 bits per heavy atom. The number of hydrogen-bond donors (Lipinski definition) is 0. The first-order valence-electron chi connectivity index (χ1n) is 7.37. The predicted molar refractivity (Wildman–Crippen MR) is 97.9 cm³/mol. The molecule has 0 heterocycles. The van der Waals surface area contributed by atoms with E-state index in [2.05, 4.69) is 106 Å². The van der Waals surface area contributed by atoms with Crippen molar-refractivity contribution in [1.82, 2.24) is 0 Å². The molecule has 2 unspecified atom stereocenters. The molecule has 0 N–H and O–H groups in total. The molecule has 0 radical (unpaired) electrons. The van der Waals surface area contributed by atoms with E-state index in [4.69, 9.17) is 0 Å². The molecule has 21 heavy (non-hydrogen) atoms. The van der Waals surface area contributed by atoms with Crippen molar-refractivity contribution >= 4 is 35.8 Å². The topological polar surface area (TPSA) is 0 Å². The zero-order valence-corrected chi connectivity index (χ0v) is 16.9. The Hall–Kier alpha value is -0.0910. The molecule has 0 aromatic heterocycles. The Kier molecular flexibility index (Phi) is 6.54. The van der Waals surface area contributed by atoms with Crippen molar-refractivity contribution in [1.29, 1.82) is 0 Å². The third kappa shape index (κ3) is 5.55. The molecule has 0 aliphatic heterocycles. The van der Waals surface area contributed by atoms with Gasteiger partial charge in [-0.1, -0.05) is 0 Å². The van der Waals surface area contributed by atoms with Crippen LogP contribution in [0, 0.1) is 0 Å². The van der Waals surface area contributed by atoms with E-state index in [1.54, 1.807) is 0 Å². The average Bonchev–Trinajstić information content (AvgIpc) is 2.48. The van der Waals surface area contributed by atoms with Gasteiger partial charge in [0.2, 0.25) is 0 Å². The Bertz CT molecular complexity index is 490. The first kappa shape index (κ1) is 17.3. The second kappa shape index (κ2) is 7.96. The molecule has 3 heteroatoms. The summed E-state index contributed by atoms with van der Waals surface area (Å²) in [5.41, 5.74) is 2.89. The number of benzene rings is 2. The summed E-state index contributed by atoms with van der Waals surface area (Å²) in [7, 11) is 0. The van der Waals surface area contributed by atoms with Gasteiger partial charge in [-0.05, 0) is 0 Å². The molecule has 0 amide bonds. The molecular weight excluding hydrogens is 405 g/mol. The first-order chi connectivity index (χ1) is 9.98. The molecule has 0 spiro atoms. The van der Waals surface area contributed by atoms with E-state index in [-0.39, 0.29) is 0 Å². The van der Waals surface area contributed by atoms with E-state index in [1.165, 1.54) is 23.5 Å². The van der Waals surface area contributed by atoms with Gasteiger partial charge in [0.1, 0.15) is 0 Å². The van der Waals surface area contributed by atoms with Gasteiger partial charge in [0.15, 0.2) is 0 Å². The van der Waals surface area contributed by atoms with Crippen LogP contribution in [0.4, 0.5) is 0 Å². The van der Waals surface area contributed by atoms with Gasteiger partial charge >= 0.3 is 146 Å². The monoisotopic (exact) mass is 429 g/mol. The summed E-state index contributed by atoms with van der Waals surface area (Å²) in [5.74, 6) is 1.20. The van der Waals surface area contributed by atoms with Gasteiger partial charge in [-0.15, -0.1) is 0 Å². The summed E-state index contributed by atoms with van der Waals surface area (Å²) >= 11 is 7.02. The van der Waals surface area contributed by atoms with Crippen LogP contribution in [0.5, 0.6) is 0 Å². The quantitative estimate of drug-likeness (QED) is 0.460. The van der Waals surface area contributed by atoms with E-state index < -0.39 is 4.64 Å². The molecular formula is C18H22PSe2-. The zero-order chi connectivity index (χ0) is 15.3. The number of rotatable bonds is 6. The van der Waals surface area contributed by atoms with Gasteiger partial charge in [0.25, 0.3) is 0 Å². The maximum atomic E-state index is 3.51. The SMILES string of the molecule is CC(C[P+]([Se-])([Se-])CC(C)c1ccccc1)c1ccccc1. The van der Waals surface area contributed by atoms with Crippen molar-refractivity contribution in [3.05, 3.63) is 71.8 Å². The van der Waals surface area contributed by atoms with Crippen LogP contribution in [0.25, 0.3) is 0 Å². The fourth-order valence-electron chi connectivity index (χ4n) is 2.68. The third-order valence-electron chi connectivity index (χ3n) is 3.84. The van der Waals surface area contributed by atoms with Crippen LogP contribution in [0.1, 0.15) is 36.8 Å². The maximum absolute atomic E-state index is 3.51. The molecule has 0 bridgehead atoms. The molecule has 2 aromatic carbocycles. The Morgan fingerprint density at radius 2 is 1.05 bits per heavy atom. The van der Waals surface area contributed by atoms with Crippen LogP contribution < -0.4 is 0 Å². The Morgan fingerprint density at radius 3 is 1.38 bits per heavy atom. The molecule has 0 saturated carbocycles. The number of hydrogen-bond acceptors (Lipinski definition) is 0. The van der Waals surface area contributed by atoms with E-state index >= 15 is 0 Å². The van der Waals surface area contributed by atoms with Crippen LogP contribution in [0.2, 0.25) is 0 Å². The fraction of sp³-hybridized carbons (Fsp3) is 0.333. The van der Waals surface area contributed by atoms with Crippen LogP contribution in [-0.2, 0) is 0 Å². The fourth-order valence-corrected chi connectivity index (χ4v) is 10.6. The van der Waals surface area contributed by atoms with E-state index in [0.717, 1.165) is 0 Å². The summed E-state index contributed by atoms with van der Waals surface area (Å²) in [4.78, 5) is 0. The van der Waals surface area contributed by atoms with Gasteiger partial charge in [-0.25, -0.2) is 0 Å². The Labute approximate surface area is 145 Å². The normalized spacial score (nSPS) is 14.7. The van der Waals surface area contributed by atoms with Crippen molar-refractivity contribution in [3.8, 4) is 0 Å². The van der Waals surface area contributed by atoms with Gasteiger partial charge < -0.3 is 0 Å². The van der Waals surface area contributed by atoms with Crippen molar-refractivity contribution in [3.63, 3.8) is 0 Å². The van der Waals surface area contributed by atoms with Gasteiger partial charge in [0.05, 0.1) is 0 Å². The molecule has 0 aliphatic rings. The van der Waals surface area contributed by atoms with Crippen LogP contribution in [0.3, 0.4) is 0 Å². The minimum atomic E-state index is -1.14. The van der Waals surface area contributed by atoms with Crippen molar-refractivity contribution < 1.29 is 0 Å². The molecule has 2 atom stereocenters. The van der Waals surface area contributed by atoms with Crippen LogP contribution >= 0.6 is 4.64 Å². The van der Waals surface area contributed by atoms with Gasteiger partial charge in [-0.3, -0.25) is 0 Å². The summed E-state index contributed by atoms with van der Waals surface area (Å²) in [6, 6.07) is 21.7. The van der Waals surface area contributed by atoms with Gasteiger partial charge in [0, 0.05) is 0 Å². The second-order valence-corrected chi connectivity index (χ2v) is 20.5. The molecule has 0 fully saturated rings. The van der Waals surface area contributed by atoms with E-state index in [9.17, 15) is 0 Å². The molecule has 2 rings (SSSR count). The van der Waals surface area contributed by atoms with Crippen molar-refractivity contribution in [2.45, 2.75) is 25.7 Å².